The second-order valence-corrected chi connectivity index (χ2v) is 10.2. The Morgan fingerprint density at radius 1 is 0.636 bits per heavy atom. The Kier molecular flexibility index (Phi) is 10.1. The van der Waals surface area contributed by atoms with Crippen molar-refractivity contribution in [3.05, 3.63) is 94.5 Å². The van der Waals surface area contributed by atoms with E-state index in [-0.39, 0.29) is 26.7 Å². The molecule has 0 aliphatic heterocycles. The third kappa shape index (κ3) is 9.67. The lowest BCUT2D eigenvalue weighted by Gasteiger charge is -2.07. The number of hydrogen-bond acceptors (Lipinski definition) is 5. The standard InChI is InChI=1S/C8H10O6S2.C8H8O.C8H10/c1-5-3-8(16(12,13)14)6(2)4-7(5)15(9,10)11;1-7(9)8-5-3-2-4-6-8;1-7-3-5-8(2)6-4-7/h3-4H,1-2H3,(H,9,10,11)(H,12,13,14);2-6H,1H3;3-6H,1-2H3. The molecule has 0 heterocycles. The lowest BCUT2D eigenvalue weighted by Crippen LogP contribution is -2.06. The third-order valence-corrected chi connectivity index (χ3v) is 6.42. The quantitative estimate of drug-likeness (QED) is 0.390. The van der Waals surface area contributed by atoms with E-state index in [0.717, 1.165) is 17.7 Å². The first kappa shape index (κ1) is 28.2. The lowest BCUT2D eigenvalue weighted by molar-refractivity contribution is 0.101. The molecule has 3 aromatic rings. The number of carbonyl (C=O) groups excluding carboxylic acids is 1. The lowest BCUT2D eigenvalue weighted by atomic mass is 10.2. The highest BCUT2D eigenvalue weighted by Gasteiger charge is 2.20. The summed E-state index contributed by atoms with van der Waals surface area (Å²) in [5, 5.41) is 0. The van der Waals surface area contributed by atoms with E-state index in [1.807, 2.05) is 30.3 Å². The fraction of sp³-hybridized carbons (Fsp3) is 0.208. The predicted octanol–water partition coefficient (Wildman–Crippen LogP) is 4.99. The number of aryl methyl sites for hydroxylation is 4. The molecule has 3 rings (SSSR count). The molecule has 0 atom stereocenters. The Morgan fingerprint density at radius 3 is 1.21 bits per heavy atom. The topological polar surface area (TPSA) is 126 Å². The fourth-order valence-corrected chi connectivity index (χ4v) is 4.21. The van der Waals surface area contributed by atoms with Gasteiger partial charge in [-0.1, -0.05) is 65.7 Å². The molecule has 0 spiro atoms. The van der Waals surface area contributed by atoms with Crippen molar-refractivity contribution < 1.29 is 30.7 Å². The maximum Gasteiger partial charge on any atom is 0.294 e. The molecular weight excluding hydrogens is 464 g/mol. The van der Waals surface area contributed by atoms with Crippen molar-refractivity contribution in [3.63, 3.8) is 0 Å². The van der Waals surface area contributed by atoms with E-state index < -0.39 is 20.2 Å². The molecule has 0 radical (unpaired) electrons. The summed E-state index contributed by atoms with van der Waals surface area (Å²) in [4.78, 5) is 9.89. The summed E-state index contributed by atoms with van der Waals surface area (Å²) >= 11 is 0. The van der Waals surface area contributed by atoms with Crippen molar-refractivity contribution in [2.75, 3.05) is 0 Å². The van der Waals surface area contributed by atoms with Crippen LogP contribution < -0.4 is 0 Å². The molecule has 7 nitrogen and oxygen atoms in total. The van der Waals surface area contributed by atoms with Gasteiger partial charge in [0.25, 0.3) is 20.2 Å². The molecule has 0 aliphatic carbocycles. The predicted molar refractivity (Wildman–Crippen MR) is 128 cm³/mol. The van der Waals surface area contributed by atoms with Crippen LogP contribution in [0.2, 0.25) is 0 Å². The van der Waals surface area contributed by atoms with Gasteiger partial charge in [0.05, 0.1) is 9.79 Å². The van der Waals surface area contributed by atoms with Gasteiger partial charge >= 0.3 is 0 Å². The maximum absolute atomic E-state index is 10.9. The Bertz CT molecular complexity index is 1220. The molecule has 9 heteroatoms. The molecule has 33 heavy (non-hydrogen) atoms. The van der Waals surface area contributed by atoms with E-state index in [0.29, 0.717) is 0 Å². The number of Topliss-reactive ketones (excluding diaryl/α,β-unsaturated/α-hetero) is 1. The molecule has 0 bridgehead atoms. The van der Waals surface area contributed by atoms with Gasteiger partial charge in [-0.15, -0.1) is 0 Å². The van der Waals surface area contributed by atoms with Crippen LogP contribution >= 0.6 is 0 Å². The molecule has 178 valence electrons. The van der Waals surface area contributed by atoms with E-state index >= 15 is 0 Å². The number of ketones is 1. The van der Waals surface area contributed by atoms with Crippen LogP contribution in [-0.4, -0.2) is 31.7 Å². The molecule has 0 saturated heterocycles. The minimum absolute atomic E-state index is 0.0423. The highest BCUT2D eigenvalue weighted by atomic mass is 32.2. The number of benzene rings is 3. The molecular formula is C24H28O7S2. The van der Waals surface area contributed by atoms with E-state index in [1.165, 1.54) is 25.0 Å². The van der Waals surface area contributed by atoms with Crippen LogP contribution in [0.5, 0.6) is 0 Å². The van der Waals surface area contributed by atoms with E-state index in [1.54, 1.807) is 6.92 Å². The van der Waals surface area contributed by atoms with Crippen LogP contribution in [0.4, 0.5) is 0 Å². The third-order valence-electron chi connectivity index (χ3n) is 4.43. The molecule has 0 unspecified atom stereocenters. The fourth-order valence-electron chi connectivity index (χ4n) is 2.63. The largest absolute Gasteiger partial charge is 0.295 e. The van der Waals surface area contributed by atoms with Gasteiger partial charge in [0.15, 0.2) is 5.78 Å². The summed E-state index contributed by atoms with van der Waals surface area (Å²) in [7, 11) is -8.79. The second kappa shape index (κ2) is 11.9. The van der Waals surface area contributed by atoms with Crippen molar-refractivity contribution in [1.29, 1.82) is 0 Å². The van der Waals surface area contributed by atoms with Crippen LogP contribution in [0.3, 0.4) is 0 Å². The second-order valence-electron chi connectivity index (χ2n) is 7.41. The van der Waals surface area contributed by atoms with E-state index in [2.05, 4.69) is 38.1 Å². The molecule has 0 fully saturated rings. The van der Waals surface area contributed by atoms with Gasteiger partial charge in [-0.25, -0.2) is 0 Å². The first-order valence-corrected chi connectivity index (χ1v) is 12.7. The zero-order valence-corrected chi connectivity index (χ0v) is 20.7. The monoisotopic (exact) mass is 492 g/mol. The number of hydrogen-bond donors (Lipinski definition) is 2. The summed E-state index contributed by atoms with van der Waals surface area (Å²) in [5.74, 6) is 0.121. The first-order chi connectivity index (χ1) is 15.1. The number of carbonyl (C=O) groups is 1. The summed E-state index contributed by atoms with van der Waals surface area (Å²) in [6, 6.07) is 19.7. The zero-order valence-electron chi connectivity index (χ0n) is 19.1. The van der Waals surface area contributed by atoms with Gasteiger partial charge in [-0.3, -0.25) is 13.9 Å². The molecule has 2 N–H and O–H groups in total. The molecule has 0 aliphatic rings. The first-order valence-electron chi connectivity index (χ1n) is 9.78. The Labute approximate surface area is 195 Å². The maximum atomic E-state index is 10.9. The highest BCUT2D eigenvalue weighted by Crippen LogP contribution is 2.23. The zero-order chi connectivity index (χ0) is 25.4. The van der Waals surface area contributed by atoms with Crippen LogP contribution in [0.15, 0.2) is 76.5 Å². The molecule has 0 saturated carbocycles. The van der Waals surface area contributed by atoms with Gasteiger partial charge in [0, 0.05) is 5.56 Å². The van der Waals surface area contributed by atoms with Gasteiger partial charge in [0.1, 0.15) is 0 Å². The minimum Gasteiger partial charge on any atom is -0.295 e. The van der Waals surface area contributed by atoms with Gasteiger partial charge in [-0.05, 0) is 57.9 Å². The van der Waals surface area contributed by atoms with Crippen LogP contribution in [0, 0.1) is 27.7 Å². The van der Waals surface area contributed by atoms with Crippen LogP contribution in [0.25, 0.3) is 0 Å². The smallest absolute Gasteiger partial charge is 0.294 e. The number of rotatable bonds is 3. The summed E-state index contributed by atoms with van der Waals surface area (Å²) in [6.45, 7) is 8.39. The SMILES string of the molecule is CC(=O)c1ccccc1.Cc1cc(S(=O)(=O)O)c(C)cc1S(=O)(=O)O.Cc1ccc(C)cc1. The summed E-state index contributed by atoms with van der Waals surface area (Å²) in [5.41, 5.74) is 3.52. The average molecular weight is 493 g/mol. The van der Waals surface area contributed by atoms with E-state index in [9.17, 15) is 21.6 Å². The van der Waals surface area contributed by atoms with Crippen LogP contribution in [0.1, 0.15) is 39.5 Å². The highest BCUT2D eigenvalue weighted by molar-refractivity contribution is 7.86. The van der Waals surface area contributed by atoms with Crippen molar-refractivity contribution in [2.24, 2.45) is 0 Å². The van der Waals surface area contributed by atoms with Gasteiger partial charge < -0.3 is 0 Å². The van der Waals surface area contributed by atoms with Crippen molar-refractivity contribution in [1.82, 2.24) is 0 Å². The molecule has 3 aromatic carbocycles. The minimum atomic E-state index is -4.39. The van der Waals surface area contributed by atoms with E-state index in [4.69, 9.17) is 9.11 Å². The summed E-state index contributed by atoms with van der Waals surface area (Å²) in [6.07, 6.45) is 0. The molecule has 0 amide bonds. The molecule has 0 aromatic heterocycles. The van der Waals surface area contributed by atoms with Crippen molar-refractivity contribution >= 4 is 26.0 Å². The Hall–Kier alpha value is -2.85. The summed E-state index contributed by atoms with van der Waals surface area (Å²) < 4.78 is 61.3. The van der Waals surface area contributed by atoms with Crippen LogP contribution in [-0.2, 0) is 20.2 Å². The Morgan fingerprint density at radius 2 is 0.970 bits per heavy atom. The van der Waals surface area contributed by atoms with Gasteiger partial charge in [-0.2, -0.15) is 16.8 Å². The van der Waals surface area contributed by atoms with Gasteiger partial charge in [0.2, 0.25) is 0 Å². The average Bonchev–Trinajstić information content (AvgIpc) is 2.71. The Balaban J connectivity index is 0.000000270. The van der Waals surface area contributed by atoms with Crippen molar-refractivity contribution in [3.8, 4) is 0 Å². The van der Waals surface area contributed by atoms with Crippen molar-refractivity contribution in [2.45, 2.75) is 44.4 Å². The normalized spacial score (nSPS) is 10.9.